The van der Waals surface area contributed by atoms with Crippen molar-refractivity contribution >= 4 is 5.91 Å². The van der Waals surface area contributed by atoms with E-state index in [-0.39, 0.29) is 12.3 Å². The van der Waals surface area contributed by atoms with E-state index in [9.17, 15) is 13.6 Å². The van der Waals surface area contributed by atoms with E-state index in [1.54, 1.807) is 4.90 Å². The minimum absolute atomic E-state index is 0.0681. The molecule has 1 aliphatic heterocycles. The molecule has 1 saturated heterocycles. The van der Waals surface area contributed by atoms with Crippen LogP contribution in [0.1, 0.15) is 13.3 Å². The van der Waals surface area contributed by atoms with E-state index in [2.05, 4.69) is 0 Å². The summed E-state index contributed by atoms with van der Waals surface area (Å²) < 4.78 is 23.8. The molecule has 1 amide bonds. The van der Waals surface area contributed by atoms with Gasteiger partial charge in [0.15, 0.2) is 0 Å². The zero-order chi connectivity index (χ0) is 10.6. The second kappa shape index (κ2) is 5.24. The normalized spacial score (nSPS) is 19.0. The quantitative estimate of drug-likeness (QED) is 0.682. The predicted octanol–water partition coefficient (Wildman–Crippen LogP) is 0.806. The summed E-state index contributed by atoms with van der Waals surface area (Å²) in [5.41, 5.74) is 0. The molecule has 0 saturated carbocycles. The number of hydrogen-bond acceptors (Lipinski definition) is 2. The molecule has 0 aliphatic carbocycles. The van der Waals surface area contributed by atoms with Crippen LogP contribution in [0.3, 0.4) is 0 Å². The van der Waals surface area contributed by atoms with Crippen LogP contribution < -0.4 is 0 Å². The Labute approximate surface area is 82.7 Å². The summed E-state index contributed by atoms with van der Waals surface area (Å²) in [7, 11) is 0. The third-order valence-corrected chi connectivity index (χ3v) is 2.48. The Morgan fingerprint density at radius 2 is 1.86 bits per heavy atom. The van der Waals surface area contributed by atoms with Crippen molar-refractivity contribution in [2.75, 3.05) is 32.7 Å². The largest absolute Gasteiger partial charge is 0.340 e. The van der Waals surface area contributed by atoms with Crippen LogP contribution in [-0.2, 0) is 4.79 Å². The lowest BCUT2D eigenvalue weighted by atomic mass is 10.3. The molecule has 0 atom stereocenters. The molecule has 0 aromatic rings. The molecule has 14 heavy (non-hydrogen) atoms. The molecule has 0 bridgehead atoms. The summed E-state index contributed by atoms with van der Waals surface area (Å²) in [5.74, 6) is 0.0681. The van der Waals surface area contributed by atoms with Gasteiger partial charge in [0, 0.05) is 46.1 Å². The van der Waals surface area contributed by atoms with E-state index < -0.39 is 6.43 Å². The minimum atomic E-state index is -2.22. The fraction of sp³-hybridized carbons (Fsp3) is 0.889. The number of rotatable bonds is 3. The van der Waals surface area contributed by atoms with Gasteiger partial charge in [-0.3, -0.25) is 9.69 Å². The topological polar surface area (TPSA) is 23.6 Å². The molecule has 5 heteroatoms. The van der Waals surface area contributed by atoms with Crippen molar-refractivity contribution in [3.63, 3.8) is 0 Å². The molecule has 1 rings (SSSR count). The number of alkyl halides is 2. The lowest BCUT2D eigenvalue weighted by Crippen LogP contribution is -2.48. The molecule has 1 heterocycles. The zero-order valence-electron chi connectivity index (χ0n) is 8.38. The molecular weight excluding hydrogens is 190 g/mol. The number of hydrogen-bond donors (Lipinski definition) is 0. The van der Waals surface area contributed by atoms with Crippen LogP contribution in [0.4, 0.5) is 8.78 Å². The molecule has 0 N–H and O–H groups in total. The lowest BCUT2D eigenvalue weighted by Gasteiger charge is -2.34. The maximum Gasteiger partial charge on any atom is 0.239 e. The van der Waals surface area contributed by atoms with Crippen LogP contribution in [0.25, 0.3) is 0 Å². The summed E-state index contributed by atoms with van der Waals surface area (Å²) in [6.07, 6.45) is -2.29. The summed E-state index contributed by atoms with van der Waals surface area (Å²) in [6.45, 7) is 4.73. The van der Waals surface area contributed by atoms with Crippen LogP contribution in [0.2, 0.25) is 0 Å². The standard InChI is InChI=1S/C9H16F2N2O/c1-8(14)13-6-4-12(5-7-13)3-2-9(10)11/h9H,2-7H2,1H3. The van der Waals surface area contributed by atoms with Gasteiger partial charge in [-0.1, -0.05) is 0 Å². The summed E-state index contributed by atoms with van der Waals surface area (Å²) in [6, 6.07) is 0. The fourth-order valence-electron chi connectivity index (χ4n) is 1.57. The van der Waals surface area contributed by atoms with Crippen LogP contribution in [0.5, 0.6) is 0 Å². The number of piperazine rings is 1. The second-order valence-corrected chi connectivity index (χ2v) is 3.53. The third kappa shape index (κ3) is 3.57. The molecular formula is C9H16F2N2O. The Morgan fingerprint density at radius 1 is 1.29 bits per heavy atom. The lowest BCUT2D eigenvalue weighted by molar-refractivity contribution is -0.130. The van der Waals surface area contributed by atoms with E-state index >= 15 is 0 Å². The van der Waals surface area contributed by atoms with Gasteiger partial charge in [0.1, 0.15) is 0 Å². The van der Waals surface area contributed by atoms with E-state index in [0.717, 1.165) is 0 Å². The molecule has 0 aromatic carbocycles. The first-order valence-electron chi connectivity index (χ1n) is 4.85. The van der Waals surface area contributed by atoms with Crippen LogP contribution in [-0.4, -0.2) is 54.9 Å². The van der Waals surface area contributed by atoms with Gasteiger partial charge in [-0.05, 0) is 0 Å². The molecule has 3 nitrogen and oxygen atoms in total. The molecule has 1 aliphatic rings. The highest BCUT2D eigenvalue weighted by Gasteiger charge is 2.18. The van der Waals surface area contributed by atoms with Gasteiger partial charge in [-0.2, -0.15) is 0 Å². The van der Waals surface area contributed by atoms with Crippen LogP contribution in [0, 0.1) is 0 Å². The number of nitrogens with zero attached hydrogens (tertiary/aromatic N) is 2. The summed E-state index contributed by atoms with van der Waals surface area (Å²) in [5, 5.41) is 0. The number of carbonyl (C=O) groups excluding carboxylic acids is 1. The van der Waals surface area contributed by atoms with Crippen molar-refractivity contribution < 1.29 is 13.6 Å². The van der Waals surface area contributed by atoms with Crippen molar-refractivity contribution in [1.82, 2.24) is 9.80 Å². The molecule has 0 unspecified atom stereocenters. The Hall–Kier alpha value is -0.710. The molecule has 0 spiro atoms. The summed E-state index contributed by atoms with van der Waals surface area (Å²) in [4.78, 5) is 14.7. The first-order chi connectivity index (χ1) is 6.59. The van der Waals surface area contributed by atoms with Crippen molar-refractivity contribution in [1.29, 1.82) is 0 Å². The van der Waals surface area contributed by atoms with Gasteiger partial charge in [-0.15, -0.1) is 0 Å². The smallest absolute Gasteiger partial charge is 0.239 e. The molecule has 0 aromatic heterocycles. The van der Waals surface area contributed by atoms with Crippen molar-refractivity contribution in [3.05, 3.63) is 0 Å². The molecule has 1 fully saturated rings. The Balaban J connectivity index is 2.19. The number of halogens is 2. The first-order valence-corrected chi connectivity index (χ1v) is 4.85. The number of amides is 1. The average molecular weight is 206 g/mol. The van der Waals surface area contributed by atoms with Gasteiger partial charge in [0.05, 0.1) is 0 Å². The fourth-order valence-corrected chi connectivity index (χ4v) is 1.57. The van der Waals surface area contributed by atoms with Gasteiger partial charge < -0.3 is 4.90 Å². The summed E-state index contributed by atoms with van der Waals surface area (Å²) >= 11 is 0. The highest BCUT2D eigenvalue weighted by molar-refractivity contribution is 5.73. The van der Waals surface area contributed by atoms with Crippen LogP contribution >= 0.6 is 0 Å². The molecule has 82 valence electrons. The third-order valence-electron chi connectivity index (χ3n) is 2.48. The Morgan fingerprint density at radius 3 is 2.29 bits per heavy atom. The first kappa shape index (κ1) is 11.4. The Bertz CT molecular complexity index is 191. The maximum absolute atomic E-state index is 11.9. The SMILES string of the molecule is CC(=O)N1CCN(CCC(F)F)CC1. The average Bonchev–Trinajstić information content (AvgIpc) is 2.15. The van der Waals surface area contributed by atoms with Crippen LogP contribution in [0.15, 0.2) is 0 Å². The van der Waals surface area contributed by atoms with Crippen molar-refractivity contribution in [2.45, 2.75) is 19.8 Å². The second-order valence-electron chi connectivity index (χ2n) is 3.53. The van der Waals surface area contributed by atoms with E-state index in [1.165, 1.54) is 6.92 Å². The van der Waals surface area contributed by atoms with Gasteiger partial charge in [0.25, 0.3) is 0 Å². The Kier molecular flexibility index (Phi) is 4.25. The van der Waals surface area contributed by atoms with Crippen molar-refractivity contribution in [3.8, 4) is 0 Å². The van der Waals surface area contributed by atoms with E-state index in [4.69, 9.17) is 0 Å². The monoisotopic (exact) mass is 206 g/mol. The van der Waals surface area contributed by atoms with Gasteiger partial charge >= 0.3 is 0 Å². The van der Waals surface area contributed by atoms with E-state index in [1.807, 2.05) is 4.90 Å². The predicted molar refractivity (Wildman–Crippen MR) is 49.3 cm³/mol. The number of carbonyl (C=O) groups is 1. The van der Waals surface area contributed by atoms with E-state index in [0.29, 0.717) is 32.7 Å². The van der Waals surface area contributed by atoms with Crippen molar-refractivity contribution in [2.24, 2.45) is 0 Å². The minimum Gasteiger partial charge on any atom is -0.340 e. The van der Waals surface area contributed by atoms with Gasteiger partial charge in [0.2, 0.25) is 12.3 Å². The molecule has 0 radical (unpaired) electrons. The highest BCUT2D eigenvalue weighted by atomic mass is 19.3. The van der Waals surface area contributed by atoms with Gasteiger partial charge in [-0.25, -0.2) is 8.78 Å². The maximum atomic E-state index is 11.9. The zero-order valence-corrected chi connectivity index (χ0v) is 8.38. The highest BCUT2D eigenvalue weighted by Crippen LogP contribution is 2.05.